The summed E-state index contributed by atoms with van der Waals surface area (Å²) in [6.07, 6.45) is 4.15. The van der Waals surface area contributed by atoms with Crippen molar-refractivity contribution in [2.75, 3.05) is 6.54 Å². The Morgan fingerprint density at radius 3 is 2.78 bits per heavy atom. The second-order valence-corrected chi connectivity index (χ2v) is 3.42. The molecule has 1 heteroatoms. The van der Waals surface area contributed by atoms with Gasteiger partial charge < -0.3 is 5.32 Å². The van der Waals surface area contributed by atoms with Crippen LogP contribution < -0.4 is 5.32 Å². The van der Waals surface area contributed by atoms with Gasteiger partial charge >= 0.3 is 0 Å². The predicted molar refractivity (Wildman–Crippen MR) is 40.5 cm³/mol. The highest BCUT2D eigenvalue weighted by atomic mass is 14.9. The number of rotatable bonds is 2. The van der Waals surface area contributed by atoms with Crippen LogP contribution >= 0.6 is 0 Å². The highest BCUT2D eigenvalue weighted by Crippen LogP contribution is 2.13. The van der Waals surface area contributed by atoms with Crippen LogP contribution in [0.4, 0.5) is 0 Å². The van der Waals surface area contributed by atoms with Crippen LogP contribution in [0.3, 0.4) is 0 Å². The summed E-state index contributed by atoms with van der Waals surface area (Å²) in [6, 6.07) is 0.838. The van der Waals surface area contributed by atoms with E-state index in [4.69, 9.17) is 0 Å². The summed E-state index contributed by atoms with van der Waals surface area (Å²) in [5.41, 5.74) is 0. The molecular formula is C8H17N. The summed E-state index contributed by atoms with van der Waals surface area (Å²) >= 11 is 0. The maximum Gasteiger partial charge on any atom is 0.00699 e. The summed E-state index contributed by atoms with van der Waals surface area (Å²) in [6.45, 7) is 5.83. The third-order valence-electron chi connectivity index (χ3n) is 1.92. The zero-order chi connectivity index (χ0) is 6.69. The molecule has 0 aromatic carbocycles. The van der Waals surface area contributed by atoms with Gasteiger partial charge in [0.05, 0.1) is 0 Å². The van der Waals surface area contributed by atoms with Crippen molar-refractivity contribution in [2.24, 2.45) is 5.92 Å². The lowest BCUT2D eigenvalue weighted by molar-refractivity contribution is 0.464. The lowest BCUT2D eigenvalue weighted by Gasteiger charge is -2.11. The van der Waals surface area contributed by atoms with Gasteiger partial charge in [-0.2, -0.15) is 0 Å². The van der Waals surface area contributed by atoms with Gasteiger partial charge in [-0.15, -0.1) is 0 Å². The molecule has 0 amide bonds. The predicted octanol–water partition coefficient (Wildman–Crippen LogP) is 1.78. The van der Waals surface area contributed by atoms with Crippen molar-refractivity contribution in [1.29, 1.82) is 0 Å². The molecule has 1 rings (SSSR count). The van der Waals surface area contributed by atoms with E-state index in [2.05, 4.69) is 19.2 Å². The van der Waals surface area contributed by atoms with E-state index < -0.39 is 0 Å². The van der Waals surface area contributed by atoms with Crippen LogP contribution in [0.25, 0.3) is 0 Å². The maximum absolute atomic E-state index is 3.49. The highest BCUT2D eigenvalue weighted by molar-refractivity contribution is 4.74. The largest absolute Gasteiger partial charge is 0.314 e. The molecule has 1 aliphatic heterocycles. The van der Waals surface area contributed by atoms with Crippen molar-refractivity contribution in [2.45, 2.75) is 39.2 Å². The molecule has 0 aromatic rings. The van der Waals surface area contributed by atoms with Gasteiger partial charge in [-0.3, -0.25) is 0 Å². The Bertz CT molecular complexity index is 72.6. The zero-order valence-corrected chi connectivity index (χ0v) is 6.48. The van der Waals surface area contributed by atoms with E-state index in [9.17, 15) is 0 Å². The third-order valence-corrected chi connectivity index (χ3v) is 1.92. The van der Waals surface area contributed by atoms with E-state index in [0.29, 0.717) is 0 Å². The highest BCUT2D eigenvalue weighted by Gasteiger charge is 2.14. The molecule has 1 saturated heterocycles. The van der Waals surface area contributed by atoms with Crippen molar-refractivity contribution >= 4 is 0 Å². The van der Waals surface area contributed by atoms with Crippen molar-refractivity contribution < 1.29 is 0 Å². The van der Waals surface area contributed by atoms with E-state index in [0.717, 1.165) is 12.0 Å². The monoisotopic (exact) mass is 127 g/mol. The molecule has 1 atom stereocenters. The van der Waals surface area contributed by atoms with E-state index in [1.165, 1.54) is 25.8 Å². The summed E-state index contributed by atoms with van der Waals surface area (Å²) < 4.78 is 0. The molecule has 0 unspecified atom stereocenters. The molecule has 1 N–H and O–H groups in total. The number of hydrogen-bond donors (Lipinski definition) is 1. The average molecular weight is 127 g/mol. The fraction of sp³-hybridized carbons (Fsp3) is 1.00. The van der Waals surface area contributed by atoms with Gasteiger partial charge in [0.1, 0.15) is 0 Å². The minimum absolute atomic E-state index is 0.838. The standard InChI is InChI=1S/C8H17N/c1-7(2)6-8-4-3-5-9-8/h7-9H,3-6H2,1-2H3/t8-/m1/s1. The molecule has 1 aliphatic rings. The van der Waals surface area contributed by atoms with Crippen LogP contribution in [-0.4, -0.2) is 12.6 Å². The number of nitrogens with one attached hydrogen (secondary N) is 1. The summed E-state index contributed by atoms with van der Waals surface area (Å²) in [5.74, 6) is 0.862. The minimum Gasteiger partial charge on any atom is -0.314 e. The molecule has 0 bridgehead atoms. The molecule has 0 radical (unpaired) electrons. The first-order valence-corrected chi connectivity index (χ1v) is 4.02. The maximum atomic E-state index is 3.49. The summed E-state index contributed by atoms with van der Waals surface area (Å²) in [4.78, 5) is 0. The summed E-state index contributed by atoms with van der Waals surface area (Å²) in [7, 11) is 0. The van der Waals surface area contributed by atoms with E-state index in [-0.39, 0.29) is 0 Å². The Kier molecular flexibility index (Phi) is 2.52. The van der Waals surface area contributed by atoms with Crippen molar-refractivity contribution in [3.05, 3.63) is 0 Å². The van der Waals surface area contributed by atoms with Crippen LogP contribution in [0, 0.1) is 5.92 Å². The minimum atomic E-state index is 0.838. The van der Waals surface area contributed by atoms with Gasteiger partial charge in [0.15, 0.2) is 0 Å². The van der Waals surface area contributed by atoms with Crippen molar-refractivity contribution in [1.82, 2.24) is 5.32 Å². The molecule has 1 nitrogen and oxygen atoms in total. The van der Waals surface area contributed by atoms with E-state index in [1.807, 2.05) is 0 Å². The fourth-order valence-corrected chi connectivity index (χ4v) is 1.53. The Balaban J connectivity index is 2.11. The SMILES string of the molecule is CC(C)C[C@H]1CCCN1. The Morgan fingerprint density at radius 2 is 2.33 bits per heavy atom. The molecule has 1 heterocycles. The van der Waals surface area contributed by atoms with E-state index in [1.54, 1.807) is 0 Å². The molecule has 54 valence electrons. The normalized spacial score (nSPS) is 27.7. The molecule has 0 aromatic heterocycles. The molecule has 1 fully saturated rings. The Morgan fingerprint density at radius 1 is 1.56 bits per heavy atom. The number of hydrogen-bond acceptors (Lipinski definition) is 1. The summed E-state index contributed by atoms with van der Waals surface area (Å²) in [5, 5.41) is 3.49. The van der Waals surface area contributed by atoms with Crippen LogP contribution in [-0.2, 0) is 0 Å². The van der Waals surface area contributed by atoms with E-state index >= 15 is 0 Å². The molecular weight excluding hydrogens is 110 g/mol. The van der Waals surface area contributed by atoms with Crippen LogP contribution in [0.2, 0.25) is 0 Å². The van der Waals surface area contributed by atoms with Gasteiger partial charge in [-0.05, 0) is 31.7 Å². The van der Waals surface area contributed by atoms with Gasteiger partial charge in [-0.1, -0.05) is 13.8 Å². The van der Waals surface area contributed by atoms with Crippen molar-refractivity contribution in [3.8, 4) is 0 Å². The van der Waals surface area contributed by atoms with Gasteiger partial charge in [0.2, 0.25) is 0 Å². The lowest BCUT2D eigenvalue weighted by atomic mass is 10.0. The van der Waals surface area contributed by atoms with Gasteiger partial charge in [-0.25, -0.2) is 0 Å². The average Bonchev–Trinajstić information content (AvgIpc) is 2.15. The molecule has 0 saturated carbocycles. The smallest absolute Gasteiger partial charge is 0.00699 e. The van der Waals surface area contributed by atoms with Crippen LogP contribution in [0.5, 0.6) is 0 Å². The zero-order valence-electron chi connectivity index (χ0n) is 6.48. The quantitative estimate of drug-likeness (QED) is 0.596. The Hall–Kier alpha value is -0.0400. The Labute approximate surface area is 57.8 Å². The third kappa shape index (κ3) is 2.35. The lowest BCUT2D eigenvalue weighted by Crippen LogP contribution is -2.22. The first-order chi connectivity index (χ1) is 4.29. The molecule has 9 heavy (non-hydrogen) atoms. The fourth-order valence-electron chi connectivity index (χ4n) is 1.53. The second-order valence-electron chi connectivity index (χ2n) is 3.42. The van der Waals surface area contributed by atoms with Crippen LogP contribution in [0.15, 0.2) is 0 Å². The molecule has 0 spiro atoms. The first kappa shape index (κ1) is 7.07. The van der Waals surface area contributed by atoms with Gasteiger partial charge in [0, 0.05) is 6.04 Å². The van der Waals surface area contributed by atoms with Gasteiger partial charge in [0.25, 0.3) is 0 Å². The molecule has 0 aliphatic carbocycles. The van der Waals surface area contributed by atoms with Crippen molar-refractivity contribution in [3.63, 3.8) is 0 Å². The topological polar surface area (TPSA) is 12.0 Å². The first-order valence-electron chi connectivity index (χ1n) is 4.02. The second kappa shape index (κ2) is 3.21. The van der Waals surface area contributed by atoms with Crippen LogP contribution in [0.1, 0.15) is 33.1 Å².